The van der Waals surface area contributed by atoms with Crippen molar-refractivity contribution in [3.8, 4) is 34.3 Å². The van der Waals surface area contributed by atoms with Crippen LogP contribution in [0.2, 0.25) is 5.02 Å². The van der Waals surface area contributed by atoms with Crippen LogP contribution in [-0.4, -0.2) is 31.3 Å². The Balaban J connectivity index is 1.19. The molecular formula is C34H30ClN3O5S. The first kappa shape index (κ1) is 30.6. The van der Waals surface area contributed by atoms with Crippen molar-refractivity contribution in [2.75, 3.05) is 14.2 Å². The number of aryl methyl sites for hydroxylation is 1. The minimum atomic E-state index is -0.341. The number of amides is 1. The number of hydrogen-bond donors (Lipinski definition) is 1. The highest BCUT2D eigenvalue weighted by molar-refractivity contribution is 7.09. The van der Waals surface area contributed by atoms with Gasteiger partial charge in [0.25, 0.3) is 5.91 Å². The molecule has 1 heterocycles. The third kappa shape index (κ3) is 7.75. The summed E-state index contributed by atoms with van der Waals surface area (Å²) in [7, 11) is 3.12. The number of aromatic nitrogens is 1. The molecule has 8 nitrogen and oxygen atoms in total. The van der Waals surface area contributed by atoms with Crippen LogP contribution in [0.15, 0.2) is 95.4 Å². The summed E-state index contributed by atoms with van der Waals surface area (Å²) >= 11 is 8.15. The lowest BCUT2D eigenvalue weighted by molar-refractivity contribution is 0.0955. The van der Waals surface area contributed by atoms with E-state index in [4.69, 9.17) is 30.5 Å². The molecule has 224 valence electrons. The minimum Gasteiger partial charge on any atom is -0.493 e. The molecule has 0 saturated carbocycles. The first-order valence-corrected chi connectivity index (χ1v) is 14.9. The number of hydrazone groups is 1. The predicted molar refractivity (Wildman–Crippen MR) is 173 cm³/mol. The molecule has 0 atom stereocenters. The number of benzene rings is 4. The second kappa shape index (κ2) is 14.5. The second-order valence-electron chi connectivity index (χ2n) is 9.61. The van der Waals surface area contributed by atoms with Crippen LogP contribution in [0.5, 0.6) is 23.0 Å². The third-order valence-corrected chi connectivity index (χ3v) is 7.60. The normalized spacial score (nSPS) is 10.9. The molecule has 0 aliphatic rings. The predicted octanol–water partition coefficient (Wildman–Crippen LogP) is 7.71. The van der Waals surface area contributed by atoms with Crippen LogP contribution in [0.3, 0.4) is 0 Å². The molecule has 0 fully saturated rings. The summed E-state index contributed by atoms with van der Waals surface area (Å²) in [4.78, 5) is 17.1. The van der Waals surface area contributed by atoms with Crippen LogP contribution in [0.25, 0.3) is 11.3 Å². The SMILES string of the molecule is COc1cc(COc2c(Cl)cc(/C=N/NC(=O)c3ccc(-c4csc(C)n4)cc3)cc2OC)ccc1OCc1ccccc1. The second-order valence-corrected chi connectivity index (χ2v) is 11.1. The number of ether oxygens (including phenoxy) is 4. The maximum atomic E-state index is 12.6. The van der Waals surface area contributed by atoms with E-state index in [9.17, 15) is 4.79 Å². The van der Waals surface area contributed by atoms with Crippen molar-refractivity contribution in [2.45, 2.75) is 20.1 Å². The summed E-state index contributed by atoms with van der Waals surface area (Å²) in [6.07, 6.45) is 1.49. The lowest BCUT2D eigenvalue weighted by atomic mass is 10.1. The van der Waals surface area contributed by atoms with E-state index in [0.29, 0.717) is 45.8 Å². The van der Waals surface area contributed by atoms with Gasteiger partial charge in [0.05, 0.1) is 36.2 Å². The molecular weight excluding hydrogens is 598 g/mol. The molecule has 5 rings (SSSR count). The summed E-state index contributed by atoms with van der Waals surface area (Å²) in [5.41, 5.74) is 7.39. The van der Waals surface area contributed by atoms with Gasteiger partial charge in [0.15, 0.2) is 23.0 Å². The van der Waals surface area contributed by atoms with Crippen molar-refractivity contribution in [1.82, 2.24) is 10.4 Å². The first-order chi connectivity index (χ1) is 21.4. The van der Waals surface area contributed by atoms with Crippen LogP contribution < -0.4 is 24.4 Å². The van der Waals surface area contributed by atoms with E-state index in [1.54, 1.807) is 42.7 Å². The molecule has 5 aromatic rings. The maximum Gasteiger partial charge on any atom is 0.271 e. The molecule has 1 N–H and O–H groups in total. The summed E-state index contributed by atoms with van der Waals surface area (Å²) in [6.45, 7) is 2.61. The molecule has 10 heteroatoms. The molecule has 0 radical (unpaired) electrons. The van der Waals surface area contributed by atoms with E-state index in [-0.39, 0.29) is 12.5 Å². The maximum absolute atomic E-state index is 12.6. The summed E-state index contributed by atoms with van der Waals surface area (Å²) in [6, 6.07) is 26.1. The zero-order chi connectivity index (χ0) is 30.9. The Morgan fingerprint density at radius 3 is 2.34 bits per heavy atom. The van der Waals surface area contributed by atoms with E-state index in [2.05, 4.69) is 15.5 Å². The molecule has 0 aliphatic carbocycles. The van der Waals surface area contributed by atoms with Crippen molar-refractivity contribution >= 4 is 35.1 Å². The molecule has 0 bridgehead atoms. The molecule has 44 heavy (non-hydrogen) atoms. The Bertz CT molecular complexity index is 1760. The van der Waals surface area contributed by atoms with Gasteiger partial charge in [-0.05, 0) is 60.0 Å². The molecule has 0 spiro atoms. The fraction of sp³-hybridized carbons (Fsp3) is 0.147. The van der Waals surface area contributed by atoms with Gasteiger partial charge in [0, 0.05) is 16.5 Å². The standard InChI is InChI=1S/C34H30ClN3O5S/c1-22-37-29(21-44-22)26-10-12-27(13-11-26)34(39)38-36-18-25-15-28(35)33(32(17-25)41-3)43-20-24-9-14-30(31(16-24)40-2)42-19-23-7-5-4-6-8-23/h4-18,21H,19-20H2,1-3H3,(H,38,39)/b36-18+. The van der Waals surface area contributed by atoms with Crippen molar-refractivity contribution in [1.29, 1.82) is 0 Å². The van der Waals surface area contributed by atoms with E-state index >= 15 is 0 Å². The van der Waals surface area contributed by atoms with E-state index < -0.39 is 0 Å². The van der Waals surface area contributed by atoms with Crippen LogP contribution in [-0.2, 0) is 13.2 Å². The first-order valence-electron chi connectivity index (χ1n) is 13.6. The van der Waals surface area contributed by atoms with Gasteiger partial charge >= 0.3 is 0 Å². The van der Waals surface area contributed by atoms with Gasteiger partial charge in [-0.3, -0.25) is 4.79 Å². The average molecular weight is 628 g/mol. The highest BCUT2D eigenvalue weighted by Crippen LogP contribution is 2.37. The summed E-state index contributed by atoms with van der Waals surface area (Å²) < 4.78 is 23.1. The highest BCUT2D eigenvalue weighted by Gasteiger charge is 2.14. The highest BCUT2D eigenvalue weighted by atomic mass is 35.5. The van der Waals surface area contributed by atoms with Gasteiger partial charge < -0.3 is 18.9 Å². The Kier molecular flexibility index (Phi) is 10.1. The topological polar surface area (TPSA) is 91.3 Å². The number of halogens is 1. The zero-order valence-corrected chi connectivity index (χ0v) is 25.9. The molecule has 1 amide bonds. The molecule has 1 aromatic heterocycles. The Morgan fingerprint density at radius 1 is 0.886 bits per heavy atom. The van der Waals surface area contributed by atoms with Crippen molar-refractivity contribution in [3.63, 3.8) is 0 Å². The van der Waals surface area contributed by atoms with Gasteiger partial charge in [0.1, 0.15) is 13.2 Å². The van der Waals surface area contributed by atoms with Crippen molar-refractivity contribution in [3.05, 3.63) is 123 Å². The van der Waals surface area contributed by atoms with Crippen molar-refractivity contribution < 1.29 is 23.7 Å². The number of hydrogen-bond acceptors (Lipinski definition) is 8. The Hall–Kier alpha value is -4.86. The van der Waals surface area contributed by atoms with E-state index in [0.717, 1.165) is 27.4 Å². The fourth-order valence-electron chi connectivity index (χ4n) is 4.28. The fourth-order valence-corrected chi connectivity index (χ4v) is 5.18. The van der Waals surface area contributed by atoms with Crippen LogP contribution in [0.4, 0.5) is 0 Å². The summed E-state index contributed by atoms with van der Waals surface area (Å²) in [5, 5.41) is 7.40. The number of nitrogens with zero attached hydrogens (tertiary/aromatic N) is 2. The van der Waals surface area contributed by atoms with Crippen LogP contribution in [0, 0.1) is 6.92 Å². The average Bonchev–Trinajstić information content (AvgIpc) is 3.49. The number of thiazole rings is 1. The number of carbonyl (C=O) groups excluding carboxylic acids is 1. The molecule has 0 aliphatic heterocycles. The van der Waals surface area contributed by atoms with Gasteiger partial charge in [0.2, 0.25) is 0 Å². The van der Waals surface area contributed by atoms with Gasteiger partial charge in [-0.1, -0.05) is 60.1 Å². The molecule has 0 saturated heterocycles. The lowest BCUT2D eigenvalue weighted by Crippen LogP contribution is -2.17. The lowest BCUT2D eigenvalue weighted by Gasteiger charge is -2.15. The number of carbonyl (C=O) groups is 1. The third-order valence-electron chi connectivity index (χ3n) is 6.54. The Labute approximate surface area is 264 Å². The van der Waals surface area contributed by atoms with Crippen LogP contribution in [0.1, 0.15) is 32.1 Å². The largest absolute Gasteiger partial charge is 0.493 e. The smallest absolute Gasteiger partial charge is 0.271 e. The van der Waals surface area contributed by atoms with Gasteiger partial charge in [-0.15, -0.1) is 11.3 Å². The number of nitrogens with one attached hydrogen (secondary N) is 1. The zero-order valence-electron chi connectivity index (χ0n) is 24.4. The number of rotatable bonds is 12. The van der Waals surface area contributed by atoms with Crippen molar-refractivity contribution in [2.24, 2.45) is 5.10 Å². The van der Waals surface area contributed by atoms with E-state index in [1.807, 2.05) is 73.0 Å². The van der Waals surface area contributed by atoms with Gasteiger partial charge in [-0.2, -0.15) is 5.10 Å². The van der Waals surface area contributed by atoms with Gasteiger partial charge in [-0.25, -0.2) is 10.4 Å². The monoisotopic (exact) mass is 627 g/mol. The molecule has 0 unspecified atom stereocenters. The minimum absolute atomic E-state index is 0.218. The van der Waals surface area contributed by atoms with E-state index in [1.165, 1.54) is 13.3 Å². The van der Waals surface area contributed by atoms with Crippen LogP contribution >= 0.6 is 22.9 Å². The molecule has 4 aromatic carbocycles. The quantitative estimate of drug-likeness (QED) is 0.113. The summed E-state index contributed by atoms with van der Waals surface area (Å²) in [5.74, 6) is 1.70. The Morgan fingerprint density at radius 2 is 1.64 bits per heavy atom. The number of methoxy groups -OCH3 is 2.